The van der Waals surface area contributed by atoms with E-state index in [0.717, 1.165) is 5.56 Å². The molecule has 3 rings (SSSR count). The second-order valence-corrected chi connectivity index (χ2v) is 6.30. The molecule has 3 aromatic rings. The van der Waals surface area contributed by atoms with Crippen molar-refractivity contribution in [2.75, 3.05) is 25.1 Å². The van der Waals surface area contributed by atoms with Crippen LogP contribution in [0.3, 0.4) is 0 Å². The molecule has 0 saturated carbocycles. The van der Waals surface area contributed by atoms with E-state index < -0.39 is 0 Å². The van der Waals surface area contributed by atoms with Gasteiger partial charge in [0.25, 0.3) is 5.91 Å². The van der Waals surface area contributed by atoms with Gasteiger partial charge in [-0.15, -0.1) is 0 Å². The van der Waals surface area contributed by atoms with Crippen LogP contribution in [0.5, 0.6) is 11.5 Å². The Morgan fingerprint density at radius 3 is 2.48 bits per heavy atom. The van der Waals surface area contributed by atoms with E-state index in [1.165, 1.54) is 0 Å². The molecule has 0 aliphatic rings. The third-order valence-corrected chi connectivity index (χ3v) is 4.17. The van der Waals surface area contributed by atoms with Gasteiger partial charge in [-0.3, -0.25) is 4.79 Å². The van der Waals surface area contributed by atoms with Gasteiger partial charge in [0.15, 0.2) is 0 Å². The summed E-state index contributed by atoms with van der Waals surface area (Å²) in [6, 6.07) is 24.4. The number of ether oxygens (including phenoxy) is 3. The Hall–Kier alpha value is -3.31. The van der Waals surface area contributed by atoms with Crippen molar-refractivity contribution in [1.29, 1.82) is 0 Å². The summed E-state index contributed by atoms with van der Waals surface area (Å²) in [5.74, 6) is 1.02. The quantitative estimate of drug-likeness (QED) is 0.498. The summed E-state index contributed by atoms with van der Waals surface area (Å²) >= 11 is 0. The van der Waals surface area contributed by atoms with Gasteiger partial charge in [-0.05, 0) is 42.8 Å². The van der Waals surface area contributed by atoms with E-state index in [-0.39, 0.29) is 5.91 Å². The van der Waals surface area contributed by atoms with Crippen LogP contribution < -0.4 is 14.8 Å². The number of rotatable bonds is 10. The molecule has 1 amide bonds. The summed E-state index contributed by atoms with van der Waals surface area (Å²) < 4.78 is 16.8. The van der Waals surface area contributed by atoms with Gasteiger partial charge in [0, 0.05) is 12.2 Å². The fourth-order valence-corrected chi connectivity index (χ4v) is 2.71. The molecule has 0 spiro atoms. The lowest BCUT2D eigenvalue weighted by atomic mass is 10.2. The first-order valence-corrected chi connectivity index (χ1v) is 9.64. The van der Waals surface area contributed by atoms with Crippen LogP contribution in [0.1, 0.15) is 22.8 Å². The van der Waals surface area contributed by atoms with Gasteiger partial charge in [0.05, 0.1) is 12.3 Å². The molecule has 5 nitrogen and oxygen atoms in total. The van der Waals surface area contributed by atoms with Crippen molar-refractivity contribution in [3.05, 3.63) is 90.0 Å². The summed E-state index contributed by atoms with van der Waals surface area (Å²) in [5.41, 5.74) is 2.20. The zero-order valence-electron chi connectivity index (χ0n) is 16.5. The highest BCUT2D eigenvalue weighted by Gasteiger charge is 2.11. The highest BCUT2D eigenvalue weighted by Crippen LogP contribution is 2.25. The molecule has 3 aromatic carbocycles. The minimum Gasteiger partial charge on any atom is -0.489 e. The zero-order valence-corrected chi connectivity index (χ0v) is 16.5. The highest BCUT2D eigenvalue weighted by atomic mass is 16.5. The van der Waals surface area contributed by atoms with Crippen molar-refractivity contribution in [3.63, 3.8) is 0 Å². The van der Waals surface area contributed by atoms with Crippen LogP contribution in [0.25, 0.3) is 0 Å². The maximum Gasteiger partial charge on any atom is 0.255 e. The summed E-state index contributed by atoms with van der Waals surface area (Å²) in [4.78, 5) is 12.7. The van der Waals surface area contributed by atoms with Crippen molar-refractivity contribution < 1.29 is 19.0 Å². The van der Waals surface area contributed by atoms with Crippen molar-refractivity contribution in [3.8, 4) is 11.5 Å². The van der Waals surface area contributed by atoms with Crippen molar-refractivity contribution in [2.24, 2.45) is 0 Å². The molecule has 0 fully saturated rings. The Kier molecular flexibility index (Phi) is 7.66. The van der Waals surface area contributed by atoms with Gasteiger partial charge in [-0.25, -0.2) is 0 Å². The third kappa shape index (κ3) is 6.36. The monoisotopic (exact) mass is 391 g/mol. The van der Waals surface area contributed by atoms with E-state index in [1.807, 2.05) is 67.6 Å². The molecule has 0 aromatic heterocycles. The van der Waals surface area contributed by atoms with Gasteiger partial charge in [0.1, 0.15) is 24.7 Å². The molecule has 5 heteroatoms. The maximum absolute atomic E-state index is 12.7. The molecule has 1 N–H and O–H groups in total. The molecule has 29 heavy (non-hydrogen) atoms. The average Bonchev–Trinajstić information content (AvgIpc) is 2.77. The lowest BCUT2D eigenvalue weighted by molar-refractivity contribution is 0.102. The molecule has 0 heterocycles. The summed E-state index contributed by atoms with van der Waals surface area (Å²) in [6.45, 7) is 3.95. The summed E-state index contributed by atoms with van der Waals surface area (Å²) in [5, 5.41) is 2.91. The first-order chi connectivity index (χ1) is 14.3. The Bertz CT molecular complexity index is 912. The van der Waals surface area contributed by atoms with E-state index in [4.69, 9.17) is 14.2 Å². The Morgan fingerprint density at radius 1 is 0.862 bits per heavy atom. The van der Waals surface area contributed by atoms with Gasteiger partial charge in [-0.2, -0.15) is 0 Å². The van der Waals surface area contributed by atoms with Crippen LogP contribution in [-0.4, -0.2) is 25.7 Å². The SMILES string of the molecule is CCOCCOc1ccccc1NC(=O)c1cccc(OCc2ccccc2)c1. The molecule has 0 aliphatic carbocycles. The Balaban J connectivity index is 1.62. The van der Waals surface area contributed by atoms with Gasteiger partial charge < -0.3 is 19.5 Å². The Morgan fingerprint density at radius 2 is 1.66 bits per heavy atom. The number of hydrogen-bond donors (Lipinski definition) is 1. The molecular weight excluding hydrogens is 366 g/mol. The van der Waals surface area contributed by atoms with E-state index in [2.05, 4.69) is 5.32 Å². The van der Waals surface area contributed by atoms with Gasteiger partial charge in [-0.1, -0.05) is 48.5 Å². The number of carbonyl (C=O) groups excluding carboxylic acids is 1. The van der Waals surface area contributed by atoms with Crippen LogP contribution in [0.4, 0.5) is 5.69 Å². The first-order valence-electron chi connectivity index (χ1n) is 9.64. The van der Waals surface area contributed by atoms with Crippen molar-refractivity contribution in [1.82, 2.24) is 0 Å². The van der Waals surface area contributed by atoms with E-state index >= 15 is 0 Å². The first kappa shape index (κ1) is 20.4. The van der Waals surface area contributed by atoms with Crippen LogP contribution in [0, 0.1) is 0 Å². The van der Waals surface area contributed by atoms with Crippen molar-refractivity contribution >= 4 is 11.6 Å². The fraction of sp³-hybridized carbons (Fsp3) is 0.208. The minimum atomic E-state index is -0.226. The Labute approximate surface area is 171 Å². The largest absolute Gasteiger partial charge is 0.489 e. The number of carbonyl (C=O) groups is 1. The smallest absolute Gasteiger partial charge is 0.255 e. The van der Waals surface area contributed by atoms with E-state index in [0.29, 0.717) is 49.2 Å². The highest BCUT2D eigenvalue weighted by molar-refractivity contribution is 6.05. The van der Waals surface area contributed by atoms with Crippen LogP contribution in [0.2, 0.25) is 0 Å². The van der Waals surface area contributed by atoms with Crippen LogP contribution >= 0.6 is 0 Å². The fourth-order valence-electron chi connectivity index (χ4n) is 2.71. The average molecular weight is 391 g/mol. The second kappa shape index (κ2) is 10.9. The number of anilines is 1. The third-order valence-electron chi connectivity index (χ3n) is 4.17. The molecule has 0 atom stereocenters. The predicted octanol–water partition coefficient (Wildman–Crippen LogP) is 4.93. The standard InChI is InChI=1S/C24H25NO4/c1-2-27-15-16-28-23-14-7-6-13-22(23)25-24(26)20-11-8-12-21(17-20)29-18-19-9-4-3-5-10-19/h3-14,17H,2,15-16,18H2,1H3,(H,25,26). The number of amides is 1. The van der Waals surface area contributed by atoms with Gasteiger partial charge in [0.2, 0.25) is 0 Å². The van der Waals surface area contributed by atoms with Crippen LogP contribution in [0.15, 0.2) is 78.9 Å². The lowest BCUT2D eigenvalue weighted by Crippen LogP contribution is -2.14. The topological polar surface area (TPSA) is 56.8 Å². The number of benzene rings is 3. The number of nitrogens with one attached hydrogen (secondary N) is 1. The lowest BCUT2D eigenvalue weighted by Gasteiger charge is -2.13. The zero-order chi connectivity index (χ0) is 20.3. The number of hydrogen-bond acceptors (Lipinski definition) is 4. The summed E-state index contributed by atoms with van der Waals surface area (Å²) in [6.07, 6.45) is 0. The van der Waals surface area contributed by atoms with E-state index in [9.17, 15) is 4.79 Å². The molecule has 150 valence electrons. The molecule has 0 unspecified atom stereocenters. The molecule has 0 aliphatic heterocycles. The van der Waals surface area contributed by atoms with E-state index in [1.54, 1.807) is 18.2 Å². The minimum absolute atomic E-state index is 0.226. The normalized spacial score (nSPS) is 10.4. The van der Waals surface area contributed by atoms with Crippen LogP contribution in [-0.2, 0) is 11.3 Å². The summed E-state index contributed by atoms with van der Waals surface area (Å²) in [7, 11) is 0. The number of para-hydroxylation sites is 2. The maximum atomic E-state index is 12.7. The second-order valence-electron chi connectivity index (χ2n) is 6.30. The predicted molar refractivity (Wildman–Crippen MR) is 114 cm³/mol. The van der Waals surface area contributed by atoms with Crippen molar-refractivity contribution in [2.45, 2.75) is 13.5 Å². The molecule has 0 radical (unpaired) electrons. The van der Waals surface area contributed by atoms with Gasteiger partial charge >= 0.3 is 0 Å². The molecular formula is C24H25NO4. The molecule has 0 saturated heterocycles. The molecule has 0 bridgehead atoms.